The van der Waals surface area contributed by atoms with E-state index in [0.717, 1.165) is 16.8 Å². The maximum absolute atomic E-state index is 14.0. The quantitative estimate of drug-likeness (QED) is 0.151. The van der Waals surface area contributed by atoms with Gasteiger partial charge >= 0.3 is 12.2 Å². The summed E-state index contributed by atoms with van der Waals surface area (Å²) in [6, 6.07) is 17.1. The first-order chi connectivity index (χ1) is 29.3. The van der Waals surface area contributed by atoms with Crippen LogP contribution in [0.5, 0.6) is 0 Å². The van der Waals surface area contributed by atoms with E-state index in [4.69, 9.17) is 9.47 Å². The number of carbonyl (C=O) groups excluding carboxylic acids is 6. The Hall–Kier alpha value is -6.71. The molecule has 15 nitrogen and oxygen atoms in total. The Labute approximate surface area is 361 Å². The lowest BCUT2D eigenvalue weighted by molar-refractivity contribution is -0.140. The molecule has 4 atom stereocenters. The monoisotopic (exact) mass is 853 g/mol. The summed E-state index contributed by atoms with van der Waals surface area (Å²) in [7, 11) is 2.44. The number of nitrogens with one attached hydrogen (secondary N) is 4. The Bertz CT molecular complexity index is 2030. The standard InChI is InChI=1S/C46H56FN7O8/c1-45(2,3)37(50-43(59)61-7)41(57)53-25-9-11-35(53)39(55)48-32-19-13-29(14-20-32)27-52(34-23-17-31(47)18-24-34)28-30-15-21-33(22-16-30)49-40(56)36-12-10-26-54(36)42(58)38(46(4,5)6)51-44(60)62-8/h9-24,35-38H,25-28H2,1-8H3,(H,48,55)(H,49,56)(H,50,59)(H,51,60). The van der Waals surface area contributed by atoms with Gasteiger partial charge in [0.2, 0.25) is 11.8 Å². The zero-order chi connectivity index (χ0) is 45.4. The lowest BCUT2D eigenvalue weighted by Gasteiger charge is -2.35. The second kappa shape index (κ2) is 19.8. The fourth-order valence-electron chi connectivity index (χ4n) is 7.09. The van der Waals surface area contributed by atoms with E-state index in [-0.39, 0.29) is 18.9 Å². The van der Waals surface area contributed by atoms with Crippen LogP contribution in [0.25, 0.3) is 0 Å². The summed E-state index contributed by atoms with van der Waals surface area (Å²) in [5, 5.41) is 11.0. The number of halogens is 1. The van der Waals surface area contributed by atoms with Crippen molar-refractivity contribution in [2.75, 3.05) is 42.8 Å². The molecule has 6 amide bonds. The van der Waals surface area contributed by atoms with Crippen LogP contribution in [0.2, 0.25) is 0 Å². The fourth-order valence-corrected chi connectivity index (χ4v) is 7.09. The number of methoxy groups -OCH3 is 2. The number of hydrogen-bond acceptors (Lipinski definition) is 9. The zero-order valence-corrected chi connectivity index (χ0v) is 36.4. The second-order valence-corrected chi connectivity index (χ2v) is 17.3. The van der Waals surface area contributed by atoms with Crippen LogP contribution < -0.4 is 26.2 Å². The lowest BCUT2D eigenvalue weighted by Crippen LogP contribution is -2.57. The summed E-state index contributed by atoms with van der Waals surface area (Å²) in [5.41, 5.74) is 2.29. The molecule has 330 valence electrons. The number of rotatable bonds is 13. The van der Waals surface area contributed by atoms with Crippen LogP contribution in [0.15, 0.2) is 97.1 Å². The van der Waals surface area contributed by atoms with E-state index in [2.05, 4.69) is 26.2 Å². The minimum absolute atomic E-state index is 0.206. The molecule has 0 spiro atoms. The normalized spacial score (nSPS) is 16.9. The van der Waals surface area contributed by atoms with Gasteiger partial charge in [0.15, 0.2) is 0 Å². The summed E-state index contributed by atoms with van der Waals surface area (Å²) in [6.45, 7) is 12.1. The molecule has 16 heteroatoms. The predicted molar refractivity (Wildman–Crippen MR) is 233 cm³/mol. The van der Waals surface area contributed by atoms with Crippen LogP contribution in [0, 0.1) is 16.6 Å². The number of carbonyl (C=O) groups is 6. The van der Waals surface area contributed by atoms with Gasteiger partial charge in [0, 0.05) is 43.2 Å². The smallest absolute Gasteiger partial charge is 0.407 e. The third-order valence-electron chi connectivity index (χ3n) is 10.5. The Kier molecular flexibility index (Phi) is 14.8. The SMILES string of the molecule is COC(=O)NC(C(=O)N1CC=CC1C(=O)Nc1ccc(CN(Cc2ccc(NC(=O)C3C=CCN3C(=O)C(NC(=O)OC)C(C)(C)C)cc2)c2ccc(F)cc2)cc1)C(C)(C)C. The van der Waals surface area contributed by atoms with E-state index in [9.17, 15) is 33.2 Å². The van der Waals surface area contributed by atoms with Crippen molar-refractivity contribution in [3.8, 4) is 0 Å². The van der Waals surface area contributed by atoms with E-state index in [1.54, 1.807) is 60.7 Å². The first-order valence-corrected chi connectivity index (χ1v) is 20.2. The molecule has 2 heterocycles. The number of alkyl carbamates (subject to hydrolysis) is 2. The van der Waals surface area contributed by atoms with Crippen LogP contribution >= 0.6 is 0 Å². The highest BCUT2D eigenvalue weighted by atomic mass is 19.1. The van der Waals surface area contributed by atoms with E-state index < -0.39 is 70.8 Å². The molecule has 0 bridgehead atoms. The van der Waals surface area contributed by atoms with Crippen molar-refractivity contribution in [2.24, 2.45) is 10.8 Å². The molecule has 4 N–H and O–H groups in total. The molecule has 0 aliphatic carbocycles. The van der Waals surface area contributed by atoms with E-state index in [1.165, 1.54) is 36.2 Å². The van der Waals surface area contributed by atoms with E-state index in [1.807, 2.05) is 65.8 Å². The highest BCUT2D eigenvalue weighted by molar-refractivity contribution is 6.01. The molecule has 62 heavy (non-hydrogen) atoms. The molecule has 0 fully saturated rings. The average molecular weight is 854 g/mol. The second-order valence-electron chi connectivity index (χ2n) is 17.3. The molecule has 0 saturated heterocycles. The minimum Gasteiger partial charge on any atom is -0.453 e. The summed E-state index contributed by atoms with van der Waals surface area (Å²) in [5.74, 6) is -2.01. The maximum Gasteiger partial charge on any atom is 0.407 e. The van der Waals surface area contributed by atoms with Gasteiger partial charge in [-0.3, -0.25) is 19.2 Å². The van der Waals surface area contributed by atoms with Gasteiger partial charge in [0.25, 0.3) is 11.8 Å². The molecule has 5 rings (SSSR count). The van der Waals surface area contributed by atoms with Gasteiger partial charge < -0.3 is 45.4 Å². The number of ether oxygens (including phenoxy) is 2. The average Bonchev–Trinajstić information content (AvgIpc) is 3.93. The van der Waals surface area contributed by atoms with Crippen molar-refractivity contribution in [2.45, 2.75) is 78.8 Å². The molecule has 3 aromatic carbocycles. The van der Waals surface area contributed by atoms with Crippen molar-refractivity contribution in [1.82, 2.24) is 20.4 Å². The number of nitrogens with zero attached hydrogens (tertiary/aromatic N) is 3. The maximum atomic E-state index is 14.0. The van der Waals surface area contributed by atoms with Crippen molar-refractivity contribution in [3.63, 3.8) is 0 Å². The fraction of sp³-hybridized carbons (Fsp3) is 0.391. The van der Waals surface area contributed by atoms with Gasteiger partial charge in [-0.2, -0.15) is 0 Å². The van der Waals surface area contributed by atoms with Crippen molar-refractivity contribution >= 4 is 52.9 Å². The third kappa shape index (κ3) is 11.8. The molecule has 3 aromatic rings. The van der Waals surface area contributed by atoms with Gasteiger partial charge in [-0.25, -0.2) is 14.0 Å². The molecule has 2 aliphatic heterocycles. The first kappa shape index (κ1) is 46.4. The van der Waals surface area contributed by atoms with Crippen LogP contribution in [-0.4, -0.2) is 97.1 Å². The topological polar surface area (TPSA) is 179 Å². The Balaban J connectivity index is 1.23. The molecule has 2 aliphatic rings. The molecule has 0 saturated carbocycles. The number of amides is 6. The van der Waals surface area contributed by atoms with Crippen LogP contribution in [-0.2, 0) is 41.7 Å². The van der Waals surface area contributed by atoms with Gasteiger partial charge in [0.05, 0.1) is 14.2 Å². The number of hydrogen-bond donors (Lipinski definition) is 4. The minimum atomic E-state index is -0.927. The van der Waals surface area contributed by atoms with Gasteiger partial charge in [-0.15, -0.1) is 0 Å². The molecular weight excluding hydrogens is 798 g/mol. The summed E-state index contributed by atoms with van der Waals surface area (Å²) >= 11 is 0. The number of anilines is 3. The molecule has 4 unspecified atom stereocenters. The Morgan fingerprint density at radius 2 is 1.00 bits per heavy atom. The summed E-state index contributed by atoms with van der Waals surface area (Å²) in [6.07, 6.45) is 5.29. The molecular formula is C46H56FN7O8. The largest absolute Gasteiger partial charge is 0.453 e. The highest BCUT2D eigenvalue weighted by Crippen LogP contribution is 2.27. The lowest BCUT2D eigenvalue weighted by atomic mass is 9.85. The third-order valence-corrected chi connectivity index (χ3v) is 10.5. The van der Waals surface area contributed by atoms with Gasteiger partial charge in [-0.1, -0.05) is 90.1 Å². The van der Waals surface area contributed by atoms with Crippen LogP contribution in [0.4, 0.5) is 31.0 Å². The first-order valence-electron chi connectivity index (χ1n) is 20.2. The van der Waals surface area contributed by atoms with Gasteiger partial charge in [0.1, 0.15) is 30.0 Å². The molecule has 0 aromatic heterocycles. The van der Waals surface area contributed by atoms with Gasteiger partial charge in [-0.05, 0) is 70.5 Å². The van der Waals surface area contributed by atoms with Crippen molar-refractivity contribution in [1.29, 1.82) is 0 Å². The van der Waals surface area contributed by atoms with Crippen molar-refractivity contribution < 1.29 is 42.6 Å². The van der Waals surface area contributed by atoms with E-state index >= 15 is 0 Å². The zero-order valence-electron chi connectivity index (χ0n) is 36.4. The van der Waals surface area contributed by atoms with Crippen LogP contribution in [0.3, 0.4) is 0 Å². The summed E-state index contributed by atoms with van der Waals surface area (Å²) in [4.78, 5) is 83.1. The summed E-state index contributed by atoms with van der Waals surface area (Å²) < 4.78 is 23.4. The predicted octanol–water partition coefficient (Wildman–Crippen LogP) is 5.98. The number of benzene rings is 3. The Morgan fingerprint density at radius 3 is 1.34 bits per heavy atom. The van der Waals surface area contributed by atoms with E-state index in [0.29, 0.717) is 24.5 Å². The van der Waals surface area contributed by atoms with Crippen LogP contribution in [0.1, 0.15) is 52.7 Å². The molecule has 0 radical (unpaired) electrons. The van der Waals surface area contributed by atoms with Crippen molar-refractivity contribution in [3.05, 3.63) is 114 Å². The highest BCUT2D eigenvalue weighted by Gasteiger charge is 2.42. The Morgan fingerprint density at radius 1 is 0.629 bits per heavy atom.